The van der Waals surface area contributed by atoms with Crippen LogP contribution in [0.4, 0.5) is 4.39 Å². The lowest BCUT2D eigenvalue weighted by molar-refractivity contribution is 0.279. The van der Waals surface area contributed by atoms with Gasteiger partial charge in [-0.3, -0.25) is 0 Å². The monoisotopic (exact) mass is 309 g/mol. The SMILES string of the molecule is COc1ccc(CCN)cc1OCc1cc(Cl)ccc1F. The van der Waals surface area contributed by atoms with Crippen LogP contribution in [-0.2, 0) is 13.0 Å². The van der Waals surface area contributed by atoms with Gasteiger partial charge in [0.15, 0.2) is 11.5 Å². The lowest BCUT2D eigenvalue weighted by Crippen LogP contribution is -2.04. The second-order valence-corrected chi connectivity index (χ2v) is 4.98. The molecule has 0 aromatic heterocycles. The molecule has 0 aliphatic heterocycles. The number of ether oxygens (including phenoxy) is 2. The number of hydrogen-bond donors (Lipinski definition) is 1. The van der Waals surface area contributed by atoms with Gasteiger partial charge in [-0.25, -0.2) is 4.39 Å². The summed E-state index contributed by atoms with van der Waals surface area (Å²) in [5.41, 5.74) is 6.98. The zero-order valence-corrected chi connectivity index (χ0v) is 12.5. The van der Waals surface area contributed by atoms with Crippen molar-refractivity contribution in [1.29, 1.82) is 0 Å². The van der Waals surface area contributed by atoms with Gasteiger partial charge in [-0.1, -0.05) is 17.7 Å². The zero-order chi connectivity index (χ0) is 15.2. The first-order chi connectivity index (χ1) is 10.1. The quantitative estimate of drug-likeness (QED) is 0.887. The van der Waals surface area contributed by atoms with E-state index in [1.54, 1.807) is 13.2 Å². The Morgan fingerprint density at radius 1 is 1.14 bits per heavy atom. The van der Waals surface area contributed by atoms with Crippen LogP contribution in [0.15, 0.2) is 36.4 Å². The van der Waals surface area contributed by atoms with Gasteiger partial charge in [0, 0.05) is 10.6 Å². The Morgan fingerprint density at radius 2 is 1.95 bits per heavy atom. The van der Waals surface area contributed by atoms with E-state index in [-0.39, 0.29) is 12.4 Å². The predicted octanol–water partition coefficient (Wildman–Crippen LogP) is 3.57. The Hall–Kier alpha value is -1.78. The van der Waals surface area contributed by atoms with Crippen LogP contribution in [0.5, 0.6) is 11.5 Å². The molecule has 0 atom stereocenters. The van der Waals surface area contributed by atoms with Gasteiger partial charge in [-0.15, -0.1) is 0 Å². The minimum atomic E-state index is -0.350. The normalized spacial score (nSPS) is 10.5. The van der Waals surface area contributed by atoms with Gasteiger partial charge in [0.05, 0.1) is 7.11 Å². The highest BCUT2D eigenvalue weighted by Crippen LogP contribution is 2.29. The first kappa shape index (κ1) is 15.6. The summed E-state index contributed by atoms with van der Waals surface area (Å²) in [5.74, 6) is 0.803. The summed E-state index contributed by atoms with van der Waals surface area (Å²) in [5, 5.41) is 0.471. The smallest absolute Gasteiger partial charge is 0.161 e. The summed E-state index contributed by atoms with van der Waals surface area (Å²) >= 11 is 5.86. The number of rotatable bonds is 6. The van der Waals surface area contributed by atoms with Crippen molar-refractivity contribution >= 4 is 11.6 Å². The molecular formula is C16H17ClFNO2. The van der Waals surface area contributed by atoms with Crippen molar-refractivity contribution in [3.8, 4) is 11.5 Å². The maximum absolute atomic E-state index is 13.7. The Morgan fingerprint density at radius 3 is 2.67 bits per heavy atom. The van der Waals surface area contributed by atoms with Crippen LogP contribution >= 0.6 is 11.6 Å². The molecule has 2 aromatic carbocycles. The molecule has 21 heavy (non-hydrogen) atoms. The van der Waals surface area contributed by atoms with E-state index in [1.165, 1.54) is 12.1 Å². The molecule has 2 rings (SSSR count). The van der Waals surface area contributed by atoms with Gasteiger partial charge in [0.2, 0.25) is 0 Å². The van der Waals surface area contributed by atoms with Crippen molar-refractivity contribution < 1.29 is 13.9 Å². The van der Waals surface area contributed by atoms with Crippen molar-refractivity contribution in [2.75, 3.05) is 13.7 Å². The van der Waals surface area contributed by atoms with Crippen LogP contribution in [-0.4, -0.2) is 13.7 Å². The number of nitrogens with two attached hydrogens (primary N) is 1. The van der Waals surface area contributed by atoms with Gasteiger partial charge in [-0.2, -0.15) is 0 Å². The number of benzene rings is 2. The predicted molar refractivity (Wildman–Crippen MR) is 81.5 cm³/mol. The fourth-order valence-electron chi connectivity index (χ4n) is 1.97. The van der Waals surface area contributed by atoms with Gasteiger partial charge in [-0.05, 0) is 48.9 Å². The molecule has 2 N–H and O–H groups in total. The van der Waals surface area contributed by atoms with Crippen LogP contribution in [0, 0.1) is 5.82 Å². The van der Waals surface area contributed by atoms with Crippen LogP contribution < -0.4 is 15.2 Å². The van der Waals surface area contributed by atoms with Gasteiger partial charge in [0.25, 0.3) is 0 Å². The van der Waals surface area contributed by atoms with Gasteiger partial charge >= 0.3 is 0 Å². The highest BCUT2D eigenvalue weighted by atomic mass is 35.5. The molecule has 0 bridgehead atoms. The standard InChI is InChI=1S/C16H17ClFNO2/c1-20-15-5-2-11(6-7-19)8-16(15)21-10-12-9-13(17)3-4-14(12)18/h2-5,8-9H,6-7,10,19H2,1H3. The molecule has 0 heterocycles. The number of halogens is 2. The summed E-state index contributed by atoms with van der Waals surface area (Å²) in [6.45, 7) is 0.628. The van der Waals surface area contributed by atoms with Gasteiger partial charge in [0.1, 0.15) is 12.4 Å². The van der Waals surface area contributed by atoms with Crippen molar-refractivity contribution in [2.45, 2.75) is 13.0 Å². The molecule has 0 aliphatic carbocycles. The summed E-state index contributed by atoms with van der Waals surface area (Å²) in [6, 6.07) is 9.97. The molecule has 0 saturated heterocycles. The van der Waals surface area contributed by atoms with E-state index < -0.39 is 0 Å². The number of methoxy groups -OCH3 is 1. The summed E-state index contributed by atoms with van der Waals surface area (Å²) in [6.07, 6.45) is 0.742. The minimum Gasteiger partial charge on any atom is -0.493 e. The van der Waals surface area contributed by atoms with E-state index in [2.05, 4.69) is 0 Å². The third kappa shape index (κ3) is 4.09. The minimum absolute atomic E-state index is 0.0782. The lowest BCUT2D eigenvalue weighted by Gasteiger charge is -2.13. The highest BCUT2D eigenvalue weighted by Gasteiger charge is 2.09. The molecule has 2 aromatic rings. The van der Waals surface area contributed by atoms with E-state index in [4.69, 9.17) is 26.8 Å². The molecule has 0 aliphatic rings. The second-order valence-electron chi connectivity index (χ2n) is 4.55. The average molecular weight is 310 g/mol. The second kappa shape index (κ2) is 7.29. The third-order valence-electron chi connectivity index (χ3n) is 3.05. The largest absolute Gasteiger partial charge is 0.493 e. The van der Waals surface area contributed by atoms with E-state index in [0.29, 0.717) is 28.6 Å². The van der Waals surface area contributed by atoms with Crippen LogP contribution in [0.2, 0.25) is 5.02 Å². The first-order valence-electron chi connectivity index (χ1n) is 6.57. The van der Waals surface area contributed by atoms with E-state index >= 15 is 0 Å². The molecule has 0 radical (unpaired) electrons. The van der Waals surface area contributed by atoms with Crippen LogP contribution in [0.25, 0.3) is 0 Å². The highest BCUT2D eigenvalue weighted by molar-refractivity contribution is 6.30. The molecule has 0 amide bonds. The molecular weight excluding hydrogens is 293 g/mol. The maximum Gasteiger partial charge on any atom is 0.161 e. The Kier molecular flexibility index (Phi) is 5.42. The molecule has 3 nitrogen and oxygen atoms in total. The van der Waals surface area contributed by atoms with Crippen molar-refractivity contribution in [1.82, 2.24) is 0 Å². The van der Waals surface area contributed by atoms with Crippen molar-refractivity contribution in [3.05, 3.63) is 58.4 Å². The topological polar surface area (TPSA) is 44.5 Å². The lowest BCUT2D eigenvalue weighted by atomic mass is 10.1. The fraction of sp³-hybridized carbons (Fsp3) is 0.250. The van der Waals surface area contributed by atoms with E-state index in [9.17, 15) is 4.39 Å². The Bertz CT molecular complexity index is 619. The summed E-state index contributed by atoms with van der Waals surface area (Å²) in [7, 11) is 1.56. The third-order valence-corrected chi connectivity index (χ3v) is 3.29. The average Bonchev–Trinajstić information content (AvgIpc) is 2.49. The Balaban J connectivity index is 2.18. The van der Waals surface area contributed by atoms with E-state index in [0.717, 1.165) is 12.0 Å². The Labute approximate surface area is 128 Å². The molecule has 5 heteroatoms. The van der Waals surface area contributed by atoms with Crippen LogP contribution in [0.1, 0.15) is 11.1 Å². The molecule has 0 unspecified atom stereocenters. The molecule has 0 fully saturated rings. The van der Waals surface area contributed by atoms with E-state index in [1.807, 2.05) is 18.2 Å². The first-order valence-corrected chi connectivity index (χ1v) is 6.95. The number of hydrogen-bond acceptors (Lipinski definition) is 3. The fourth-order valence-corrected chi connectivity index (χ4v) is 2.16. The maximum atomic E-state index is 13.7. The van der Waals surface area contributed by atoms with Crippen molar-refractivity contribution in [2.24, 2.45) is 5.73 Å². The van der Waals surface area contributed by atoms with Gasteiger partial charge < -0.3 is 15.2 Å². The molecule has 0 saturated carbocycles. The molecule has 0 spiro atoms. The summed E-state index contributed by atoms with van der Waals surface area (Å²) in [4.78, 5) is 0. The van der Waals surface area contributed by atoms with Crippen LogP contribution in [0.3, 0.4) is 0 Å². The summed E-state index contributed by atoms with van der Waals surface area (Å²) < 4.78 is 24.6. The molecule has 112 valence electrons. The zero-order valence-electron chi connectivity index (χ0n) is 11.7. The van der Waals surface area contributed by atoms with Crippen molar-refractivity contribution in [3.63, 3.8) is 0 Å².